The number of benzene rings is 1. The summed E-state index contributed by atoms with van der Waals surface area (Å²) < 4.78 is 0. The number of carbonyl (C=O) groups excluding carboxylic acids is 1. The highest BCUT2D eigenvalue weighted by atomic mass is 32.2. The molecule has 2 heterocycles. The number of thioether (sulfide) groups is 1. The van der Waals surface area contributed by atoms with E-state index in [0.717, 1.165) is 31.7 Å². The molecule has 0 radical (unpaired) electrons. The minimum absolute atomic E-state index is 0.265. The first-order valence-electron chi connectivity index (χ1n) is 8.91. The predicted octanol–water partition coefficient (Wildman–Crippen LogP) is 3.53. The molecule has 0 saturated carbocycles. The van der Waals surface area contributed by atoms with Gasteiger partial charge in [-0.2, -0.15) is 11.8 Å². The monoisotopic (exact) mass is 332 g/mol. The van der Waals surface area contributed by atoms with Crippen molar-refractivity contribution in [3.05, 3.63) is 35.4 Å². The minimum atomic E-state index is 0.265. The fourth-order valence-corrected chi connectivity index (χ4v) is 4.66. The number of aryl methyl sites for hydroxylation is 1. The number of carbonyl (C=O) groups is 1. The second kappa shape index (κ2) is 8.20. The molecule has 1 N–H and O–H groups in total. The quantitative estimate of drug-likeness (QED) is 0.919. The number of nitrogens with zero attached hydrogens (tertiary/aromatic N) is 1. The Hall–Kier alpha value is -1.00. The van der Waals surface area contributed by atoms with Crippen LogP contribution < -0.4 is 5.32 Å². The number of hydrogen-bond donors (Lipinski definition) is 1. The van der Waals surface area contributed by atoms with E-state index in [0.29, 0.717) is 18.4 Å². The van der Waals surface area contributed by atoms with Crippen molar-refractivity contribution in [2.75, 3.05) is 24.6 Å². The first kappa shape index (κ1) is 16.8. The number of nitrogens with one attached hydrogen (secondary N) is 1. The van der Waals surface area contributed by atoms with Gasteiger partial charge in [0.2, 0.25) is 5.91 Å². The molecular weight excluding hydrogens is 304 g/mol. The normalized spacial score (nSPS) is 25.9. The second-order valence-electron chi connectivity index (χ2n) is 6.80. The summed E-state index contributed by atoms with van der Waals surface area (Å²) >= 11 is 1.96. The molecule has 4 heteroatoms. The third-order valence-corrected chi connectivity index (χ3v) is 6.05. The minimum Gasteiger partial charge on any atom is -0.336 e. The van der Waals surface area contributed by atoms with Crippen LogP contribution in [0.4, 0.5) is 0 Å². The van der Waals surface area contributed by atoms with Gasteiger partial charge in [0, 0.05) is 37.1 Å². The van der Waals surface area contributed by atoms with Gasteiger partial charge in [-0.15, -0.1) is 0 Å². The van der Waals surface area contributed by atoms with Crippen LogP contribution in [0.2, 0.25) is 0 Å². The summed E-state index contributed by atoms with van der Waals surface area (Å²) in [4.78, 5) is 15.1. The van der Waals surface area contributed by atoms with Crippen LogP contribution in [0.1, 0.15) is 49.3 Å². The molecule has 1 amide bonds. The van der Waals surface area contributed by atoms with E-state index in [2.05, 4.69) is 41.4 Å². The van der Waals surface area contributed by atoms with E-state index >= 15 is 0 Å². The molecule has 2 aliphatic heterocycles. The van der Waals surface area contributed by atoms with Gasteiger partial charge in [0.25, 0.3) is 0 Å². The Morgan fingerprint density at radius 3 is 3.04 bits per heavy atom. The maximum absolute atomic E-state index is 13.0. The summed E-state index contributed by atoms with van der Waals surface area (Å²) in [5, 5.41) is 3.50. The van der Waals surface area contributed by atoms with Crippen LogP contribution in [-0.4, -0.2) is 41.4 Å². The average Bonchev–Trinajstić information content (AvgIpc) is 2.82. The van der Waals surface area contributed by atoms with Crippen LogP contribution in [0.25, 0.3) is 0 Å². The zero-order valence-corrected chi connectivity index (χ0v) is 14.9. The molecule has 2 atom stereocenters. The van der Waals surface area contributed by atoms with Crippen LogP contribution >= 0.6 is 11.8 Å². The average molecular weight is 333 g/mol. The predicted molar refractivity (Wildman–Crippen MR) is 97.8 cm³/mol. The summed E-state index contributed by atoms with van der Waals surface area (Å²) in [6, 6.07) is 9.32. The van der Waals surface area contributed by atoms with Crippen LogP contribution in [0.3, 0.4) is 0 Å². The summed E-state index contributed by atoms with van der Waals surface area (Å²) in [5.74, 6) is 2.56. The van der Waals surface area contributed by atoms with Crippen molar-refractivity contribution in [1.29, 1.82) is 0 Å². The largest absolute Gasteiger partial charge is 0.336 e. The zero-order chi connectivity index (χ0) is 16.1. The molecule has 0 bridgehead atoms. The van der Waals surface area contributed by atoms with Crippen LogP contribution in [0.5, 0.6) is 0 Å². The van der Waals surface area contributed by atoms with Gasteiger partial charge in [-0.05, 0) is 25.3 Å². The smallest absolute Gasteiger partial charge is 0.224 e. The third kappa shape index (κ3) is 4.51. The van der Waals surface area contributed by atoms with Crippen molar-refractivity contribution >= 4 is 17.7 Å². The van der Waals surface area contributed by atoms with Crippen molar-refractivity contribution in [3.63, 3.8) is 0 Å². The molecule has 0 aliphatic carbocycles. The molecule has 2 saturated heterocycles. The van der Waals surface area contributed by atoms with Crippen LogP contribution in [-0.2, 0) is 4.79 Å². The lowest BCUT2D eigenvalue weighted by Crippen LogP contribution is -2.43. The van der Waals surface area contributed by atoms with E-state index in [-0.39, 0.29) is 6.04 Å². The fraction of sp³-hybridized carbons (Fsp3) is 0.632. The Morgan fingerprint density at radius 2 is 2.26 bits per heavy atom. The van der Waals surface area contributed by atoms with E-state index < -0.39 is 0 Å². The van der Waals surface area contributed by atoms with Gasteiger partial charge in [-0.3, -0.25) is 4.79 Å². The van der Waals surface area contributed by atoms with Crippen molar-refractivity contribution in [3.8, 4) is 0 Å². The highest BCUT2D eigenvalue weighted by Crippen LogP contribution is 2.31. The number of rotatable bonds is 3. The lowest BCUT2D eigenvalue weighted by Gasteiger charge is -2.33. The van der Waals surface area contributed by atoms with Crippen molar-refractivity contribution in [1.82, 2.24) is 10.2 Å². The van der Waals surface area contributed by atoms with Gasteiger partial charge < -0.3 is 10.2 Å². The fourth-order valence-electron chi connectivity index (χ4n) is 3.71. The SMILES string of the molecule is Cc1cccc(C2CCCCCN2C(=O)CC2CSCCN2)c1. The maximum Gasteiger partial charge on any atom is 0.224 e. The first-order valence-corrected chi connectivity index (χ1v) is 10.1. The van der Waals surface area contributed by atoms with Crippen molar-refractivity contribution in [2.45, 2.75) is 51.1 Å². The topological polar surface area (TPSA) is 32.3 Å². The second-order valence-corrected chi connectivity index (χ2v) is 7.95. The maximum atomic E-state index is 13.0. The molecule has 2 aliphatic rings. The standard InChI is InChI=1S/C19H28N2OS/c1-15-6-5-7-16(12-15)18-8-3-2-4-10-21(18)19(22)13-17-14-23-11-9-20-17/h5-7,12,17-18,20H,2-4,8-11,13-14H2,1H3. The van der Waals surface area contributed by atoms with Crippen LogP contribution in [0, 0.1) is 6.92 Å². The van der Waals surface area contributed by atoms with Gasteiger partial charge in [-0.1, -0.05) is 42.7 Å². The van der Waals surface area contributed by atoms with E-state index in [1.165, 1.54) is 29.7 Å². The Balaban J connectivity index is 1.73. The highest BCUT2D eigenvalue weighted by molar-refractivity contribution is 7.99. The molecule has 23 heavy (non-hydrogen) atoms. The van der Waals surface area contributed by atoms with E-state index in [1.807, 2.05) is 11.8 Å². The summed E-state index contributed by atoms with van der Waals surface area (Å²) in [6.45, 7) is 4.08. The van der Waals surface area contributed by atoms with Crippen molar-refractivity contribution in [2.24, 2.45) is 0 Å². The Bertz CT molecular complexity index is 528. The Morgan fingerprint density at radius 1 is 1.35 bits per heavy atom. The molecule has 0 aromatic heterocycles. The van der Waals surface area contributed by atoms with Crippen molar-refractivity contribution < 1.29 is 4.79 Å². The van der Waals surface area contributed by atoms with E-state index in [4.69, 9.17) is 0 Å². The molecule has 2 unspecified atom stereocenters. The molecular formula is C19H28N2OS. The van der Waals surface area contributed by atoms with Gasteiger partial charge >= 0.3 is 0 Å². The van der Waals surface area contributed by atoms with Gasteiger partial charge in [-0.25, -0.2) is 0 Å². The lowest BCUT2D eigenvalue weighted by molar-refractivity contribution is -0.134. The zero-order valence-electron chi connectivity index (χ0n) is 14.1. The number of hydrogen-bond acceptors (Lipinski definition) is 3. The number of likely N-dealkylation sites (tertiary alicyclic amines) is 1. The molecule has 3 rings (SSSR count). The summed E-state index contributed by atoms with van der Waals surface area (Å²) in [5.41, 5.74) is 2.59. The highest BCUT2D eigenvalue weighted by Gasteiger charge is 2.28. The van der Waals surface area contributed by atoms with E-state index in [9.17, 15) is 4.79 Å². The van der Waals surface area contributed by atoms with Gasteiger partial charge in [0.15, 0.2) is 0 Å². The summed E-state index contributed by atoms with van der Waals surface area (Å²) in [6.07, 6.45) is 5.35. The third-order valence-electron chi connectivity index (χ3n) is 4.92. The van der Waals surface area contributed by atoms with E-state index in [1.54, 1.807) is 0 Å². The van der Waals surface area contributed by atoms with Crippen LogP contribution in [0.15, 0.2) is 24.3 Å². The lowest BCUT2D eigenvalue weighted by atomic mass is 9.98. The molecule has 3 nitrogen and oxygen atoms in total. The molecule has 1 aromatic rings. The molecule has 0 spiro atoms. The Labute approximate surface area is 144 Å². The summed E-state index contributed by atoms with van der Waals surface area (Å²) in [7, 11) is 0. The Kier molecular flexibility index (Phi) is 6.01. The van der Waals surface area contributed by atoms with Gasteiger partial charge in [0.05, 0.1) is 6.04 Å². The van der Waals surface area contributed by atoms with Gasteiger partial charge in [0.1, 0.15) is 0 Å². The molecule has 2 fully saturated rings. The molecule has 1 aromatic carbocycles. The molecule has 126 valence electrons. The number of amides is 1. The first-order chi connectivity index (χ1) is 11.2.